The molecular weight excluding hydrogens is 351 g/mol. The fourth-order valence-corrected chi connectivity index (χ4v) is 4.71. The van der Waals surface area contributed by atoms with Crippen molar-refractivity contribution in [1.29, 1.82) is 0 Å². The molecule has 0 aliphatic carbocycles. The van der Waals surface area contributed by atoms with Crippen LogP contribution < -0.4 is 5.73 Å². The van der Waals surface area contributed by atoms with Gasteiger partial charge < -0.3 is 10.6 Å². The van der Waals surface area contributed by atoms with E-state index < -0.39 is 0 Å². The lowest BCUT2D eigenvalue weighted by Crippen LogP contribution is -2.48. The van der Waals surface area contributed by atoms with Crippen molar-refractivity contribution in [2.75, 3.05) is 13.6 Å². The second-order valence-corrected chi connectivity index (χ2v) is 8.12. The topological polar surface area (TPSA) is 54.0 Å². The molecule has 0 radical (unpaired) electrons. The van der Waals surface area contributed by atoms with Crippen LogP contribution in [0.1, 0.15) is 20.8 Å². The van der Waals surface area contributed by atoms with Crippen LogP contribution in [0, 0.1) is 5.92 Å². The summed E-state index contributed by atoms with van der Waals surface area (Å²) in [6.45, 7) is 6.68. The van der Waals surface area contributed by atoms with E-state index in [0.29, 0.717) is 28.3 Å². The van der Waals surface area contributed by atoms with Crippen LogP contribution in [0.5, 0.6) is 0 Å². The fourth-order valence-electron chi connectivity index (χ4n) is 2.57. The van der Waals surface area contributed by atoms with Crippen molar-refractivity contribution in [3.05, 3.63) is 28.2 Å². The Morgan fingerprint density at radius 2 is 2.00 bits per heavy atom. The van der Waals surface area contributed by atoms with Gasteiger partial charge in [0.2, 0.25) is 0 Å². The van der Waals surface area contributed by atoms with Gasteiger partial charge >= 0.3 is 0 Å². The molecular formula is C16H22Cl2N4S. The molecule has 0 amide bonds. The van der Waals surface area contributed by atoms with Crippen molar-refractivity contribution < 1.29 is 0 Å². The molecule has 0 fully saturated rings. The second-order valence-electron chi connectivity index (χ2n) is 6.09. The van der Waals surface area contributed by atoms with Crippen LogP contribution in [0.2, 0.25) is 10.0 Å². The Kier molecular flexibility index (Phi) is 5.87. The number of likely N-dealkylation sites (N-methyl/N-ethyl adjacent to an activating group) is 1. The van der Waals surface area contributed by atoms with Crippen LogP contribution in [0.4, 0.5) is 0 Å². The molecule has 1 aromatic rings. The monoisotopic (exact) mass is 372 g/mol. The summed E-state index contributed by atoms with van der Waals surface area (Å²) in [6.07, 6.45) is 1.88. The van der Waals surface area contributed by atoms with E-state index in [1.54, 1.807) is 24.8 Å². The molecule has 126 valence electrons. The highest BCUT2D eigenvalue weighted by Gasteiger charge is 2.47. The van der Waals surface area contributed by atoms with Crippen molar-refractivity contribution in [2.24, 2.45) is 21.6 Å². The minimum absolute atomic E-state index is 0.0973. The van der Waals surface area contributed by atoms with Crippen LogP contribution >= 0.6 is 35.0 Å². The molecule has 1 aliphatic rings. The lowest BCUT2D eigenvalue weighted by molar-refractivity contribution is 0.271. The number of hydrogen-bond donors (Lipinski definition) is 1. The van der Waals surface area contributed by atoms with E-state index in [2.05, 4.69) is 23.7 Å². The maximum Gasteiger partial charge on any atom is 0.114 e. The predicted molar refractivity (Wildman–Crippen MR) is 102 cm³/mol. The summed E-state index contributed by atoms with van der Waals surface area (Å²) < 4.78 is 0. The predicted octanol–water partition coefficient (Wildman–Crippen LogP) is 4.16. The number of hydrogen-bond acceptors (Lipinski definition) is 4. The van der Waals surface area contributed by atoms with Crippen molar-refractivity contribution in [3.63, 3.8) is 0 Å². The summed E-state index contributed by atoms with van der Waals surface area (Å²) >= 11 is 14.0. The summed E-state index contributed by atoms with van der Waals surface area (Å²) in [5, 5.41) is 1.36. The van der Waals surface area contributed by atoms with Gasteiger partial charge in [-0.05, 0) is 31.0 Å². The van der Waals surface area contributed by atoms with E-state index in [1.165, 1.54) is 0 Å². The standard InChI is InChI=1S/C16H22Cl2N4S/c1-10(2)16(8-20-11(3)19)15(22(4)9-21-16)23-14-6-12(17)5-13(18)7-14/h5-7,9-10,15H,8H2,1-4H3,(H2,19,20). The van der Waals surface area contributed by atoms with Gasteiger partial charge in [-0.15, -0.1) is 0 Å². The molecule has 0 saturated heterocycles. The van der Waals surface area contributed by atoms with Gasteiger partial charge in [0.25, 0.3) is 0 Å². The third-order valence-corrected chi connectivity index (χ3v) is 5.85. The van der Waals surface area contributed by atoms with Gasteiger partial charge in [-0.25, -0.2) is 0 Å². The minimum Gasteiger partial charge on any atom is -0.388 e. The van der Waals surface area contributed by atoms with Gasteiger partial charge in [-0.3, -0.25) is 9.98 Å². The van der Waals surface area contributed by atoms with E-state index in [-0.39, 0.29) is 10.9 Å². The number of thioether (sulfide) groups is 1. The molecule has 0 bridgehead atoms. The van der Waals surface area contributed by atoms with Crippen molar-refractivity contribution >= 4 is 47.1 Å². The number of amidine groups is 1. The molecule has 1 aromatic carbocycles. The van der Waals surface area contributed by atoms with Crippen LogP contribution in [0.15, 0.2) is 33.1 Å². The first-order valence-corrected chi connectivity index (χ1v) is 9.04. The lowest BCUT2D eigenvalue weighted by atomic mass is 9.87. The molecule has 1 heterocycles. The van der Waals surface area contributed by atoms with Gasteiger partial charge in [0.1, 0.15) is 10.9 Å². The number of benzene rings is 1. The molecule has 2 atom stereocenters. The summed E-state index contributed by atoms with van der Waals surface area (Å²) in [5.41, 5.74) is 5.41. The Balaban J connectivity index is 2.34. The Hall–Kier alpha value is -0.910. The molecule has 2 rings (SSSR count). The number of nitrogens with two attached hydrogens (primary N) is 1. The van der Waals surface area contributed by atoms with Crippen LogP contribution in [-0.4, -0.2) is 41.6 Å². The number of aliphatic imine (C=N–C) groups is 2. The first kappa shape index (κ1) is 18.4. The van der Waals surface area contributed by atoms with E-state index in [9.17, 15) is 0 Å². The average molecular weight is 373 g/mol. The molecule has 0 saturated carbocycles. The van der Waals surface area contributed by atoms with Crippen molar-refractivity contribution in [2.45, 2.75) is 36.6 Å². The van der Waals surface area contributed by atoms with Gasteiger partial charge in [0.05, 0.1) is 18.7 Å². The Bertz CT molecular complexity index is 608. The van der Waals surface area contributed by atoms with Crippen LogP contribution in [0.3, 0.4) is 0 Å². The highest BCUT2D eigenvalue weighted by atomic mass is 35.5. The highest BCUT2D eigenvalue weighted by Crippen LogP contribution is 2.43. The van der Waals surface area contributed by atoms with Crippen LogP contribution in [0.25, 0.3) is 0 Å². The summed E-state index contributed by atoms with van der Waals surface area (Å²) in [5.74, 6) is 0.878. The fraction of sp³-hybridized carbons (Fsp3) is 0.500. The zero-order valence-corrected chi connectivity index (χ0v) is 16.1. The zero-order valence-electron chi connectivity index (χ0n) is 13.8. The highest BCUT2D eigenvalue weighted by molar-refractivity contribution is 8.00. The number of halogens is 2. The smallest absolute Gasteiger partial charge is 0.114 e. The number of nitrogens with zero attached hydrogens (tertiary/aromatic N) is 3. The molecule has 0 spiro atoms. The largest absolute Gasteiger partial charge is 0.388 e. The SMILES string of the molecule is CC(N)=NCC1(C(C)C)N=CN(C)C1Sc1cc(Cl)cc(Cl)c1. The lowest BCUT2D eigenvalue weighted by Gasteiger charge is -2.37. The summed E-state index contributed by atoms with van der Waals surface area (Å²) in [6, 6.07) is 5.58. The summed E-state index contributed by atoms with van der Waals surface area (Å²) in [4.78, 5) is 12.4. The Morgan fingerprint density at radius 1 is 1.39 bits per heavy atom. The molecule has 1 aliphatic heterocycles. The van der Waals surface area contributed by atoms with Crippen molar-refractivity contribution in [1.82, 2.24) is 4.90 Å². The molecule has 2 unspecified atom stereocenters. The van der Waals surface area contributed by atoms with E-state index >= 15 is 0 Å². The van der Waals surface area contributed by atoms with Gasteiger partial charge in [0.15, 0.2) is 0 Å². The zero-order chi connectivity index (χ0) is 17.2. The first-order valence-electron chi connectivity index (χ1n) is 7.41. The van der Waals surface area contributed by atoms with Gasteiger partial charge in [-0.1, -0.05) is 48.8 Å². The summed E-state index contributed by atoms with van der Waals surface area (Å²) in [7, 11) is 2.02. The second kappa shape index (κ2) is 7.32. The van der Waals surface area contributed by atoms with Crippen molar-refractivity contribution in [3.8, 4) is 0 Å². The van der Waals surface area contributed by atoms with Crippen LogP contribution in [-0.2, 0) is 0 Å². The van der Waals surface area contributed by atoms with E-state index in [0.717, 1.165) is 4.90 Å². The number of rotatable bonds is 5. The maximum atomic E-state index is 6.13. The normalized spacial score (nSPS) is 24.7. The molecule has 7 heteroatoms. The maximum absolute atomic E-state index is 6.13. The first-order chi connectivity index (χ1) is 10.7. The minimum atomic E-state index is -0.338. The third-order valence-electron chi connectivity index (χ3n) is 3.94. The Labute approximate surface area is 152 Å². The molecule has 2 N–H and O–H groups in total. The average Bonchev–Trinajstić information content (AvgIpc) is 2.74. The molecule has 23 heavy (non-hydrogen) atoms. The third kappa shape index (κ3) is 4.14. The molecule has 4 nitrogen and oxygen atoms in total. The van der Waals surface area contributed by atoms with Gasteiger partial charge in [0, 0.05) is 22.0 Å². The quantitative estimate of drug-likeness (QED) is 0.623. The Morgan fingerprint density at radius 3 is 2.52 bits per heavy atom. The van der Waals surface area contributed by atoms with E-state index in [4.69, 9.17) is 33.9 Å². The molecule has 0 aromatic heterocycles. The van der Waals surface area contributed by atoms with E-state index in [1.807, 2.05) is 25.5 Å². The van der Waals surface area contributed by atoms with Gasteiger partial charge in [-0.2, -0.15) is 0 Å².